The molecule has 0 saturated heterocycles. The van der Waals surface area contributed by atoms with Crippen molar-refractivity contribution in [2.75, 3.05) is 0 Å². The van der Waals surface area contributed by atoms with E-state index in [2.05, 4.69) is 12.6 Å². The van der Waals surface area contributed by atoms with E-state index in [1.54, 1.807) is 0 Å². The highest BCUT2D eigenvalue weighted by atomic mass is 32.7. The van der Waals surface area contributed by atoms with E-state index < -0.39 is 0 Å². The first-order chi connectivity index (χ1) is 2.41. The van der Waals surface area contributed by atoms with Crippen LogP contribution in [0, 0.1) is 0 Å². The number of hydrogen-bond acceptors (Lipinski definition) is 3. The van der Waals surface area contributed by atoms with Crippen LogP contribution in [0.25, 0.3) is 0 Å². The highest BCUT2D eigenvalue weighted by Gasteiger charge is 1.62. The Morgan fingerprint density at radius 1 is 2.00 bits per heavy atom. The Morgan fingerprint density at radius 3 is 2.60 bits per heavy atom. The van der Waals surface area contributed by atoms with Gasteiger partial charge in [-0.15, -0.1) is 0 Å². The molecule has 0 aliphatic rings. The van der Waals surface area contributed by atoms with E-state index in [0.717, 1.165) is 11.7 Å². The maximum atomic E-state index is 9.15. The molecular formula is CH3O2PS. The molecule has 0 aromatic carbocycles. The van der Waals surface area contributed by atoms with Crippen LogP contribution in [0.2, 0.25) is 0 Å². The van der Waals surface area contributed by atoms with Crippen LogP contribution in [-0.4, -0.2) is 6.47 Å². The van der Waals surface area contributed by atoms with Crippen molar-refractivity contribution in [3.8, 4) is 0 Å². The van der Waals surface area contributed by atoms with Crippen molar-refractivity contribution in [3.63, 3.8) is 0 Å². The number of carbonyl (C=O) groups excluding carboxylic acids is 1. The molecule has 5 heavy (non-hydrogen) atoms. The van der Waals surface area contributed by atoms with Gasteiger partial charge in [-0.05, 0) is 8.44 Å². The molecule has 1 unspecified atom stereocenters. The molecule has 0 radical (unpaired) electrons. The smallest absolute Gasteiger partial charge is 0.305 e. The Morgan fingerprint density at radius 2 is 2.60 bits per heavy atom. The summed E-state index contributed by atoms with van der Waals surface area (Å²) in [6.07, 6.45) is 0. The summed E-state index contributed by atoms with van der Waals surface area (Å²) in [5.41, 5.74) is 0. The molecule has 0 aliphatic heterocycles. The normalized spacial score (nSPS) is 6.60. The van der Waals surface area contributed by atoms with Gasteiger partial charge in [-0.2, -0.15) is 0 Å². The lowest BCUT2D eigenvalue weighted by molar-refractivity contribution is -0.119. The quantitative estimate of drug-likeness (QED) is 0.296. The summed E-state index contributed by atoms with van der Waals surface area (Å²) in [5, 5.41) is 0. The molecule has 0 amide bonds. The fraction of sp³-hybridized carbons (Fsp3) is 0. The lowest BCUT2D eigenvalue weighted by atomic mass is 11.7. The summed E-state index contributed by atoms with van der Waals surface area (Å²) in [6, 6.07) is 0. The van der Waals surface area contributed by atoms with Gasteiger partial charge in [0.1, 0.15) is 0 Å². The fourth-order valence-corrected chi connectivity index (χ4v) is 0.204. The fourth-order valence-electron chi connectivity index (χ4n) is 0.0227. The number of carbonyl (C=O) groups is 1. The second kappa shape index (κ2) is 4.25. The molecule has 0 aliphatic carbocycles. The zero-order valence-corrected chi connectivity index (χ0v) is 4.35. The second-order valence-corrected chi connectivity index (χ2v) is 1.25. The van der Waals surface area contributed by atoms with Crippen LogP contribution < -0.4 is 0 Å². The molecule has 2 nitrogen and oxygen atoms in total. The maximum absolute atomic E-state index is 9.15. The van der Waals surface area contributed by atoms with Crippen LogP contribution >= 0.6 is 20.1 Å². The minimum atomic E-state index is 0.373. The first-order valence-corrected chi connectivity index (χ1v) is 3.09. The molecule has 1 atom stereocenters. The average molecular weight is 110 g/mol. The molecule has 0 saturated carbocycles. The molecule has 30 valence electrons. The molecule has 0 fully saturated rings. The Labute approximate surface area is 36.4 Å². The third-order valence-electron chi connectivity index (χ3n) is 0.0948. The van der Waals surface area contributed by atoms with Crippen LogP contribution in [0.3, 0.4) is 0 Å². The SMILES string of the molecule is O=COSP. The van der Waals surface area contributed by atoms with Crippen LogP contribution in [-0.2, 0) is 8.98 Å². The molecule has 0 rings (SSSR count). The lowest BCUT2D eigenvalue weighted by Gasteiger charge is -1.76. The van der Waals surface area contributed by atoms with Crippen molar-refractivity contribution in [3.05, 3.63) is 0 Å². The summed E-state index contributed by atoms with van der Waals surface area (Å²) >= 11 is 0.950. The highest BCUT2D eigenvalue weighted by molar-refractivity contribution is 8.41. The van der Waals surface area contributed by atoms with E-state index in [-0.39, 0.29) is 0 Å². The molecule has 0 heterocycles. The van der Waals surface area contributed by atoms with Crippen LogP contribution in [0.5, 0.6) is 0 Å². The minimum absolute atomic E-state index is 0.373. The van der Waals surface area contributed by atoms with Crippen LogP contribution in [0.1, 0.15) is 0 Å². The van der Waals surface area contributed by atoms with Crippen LogP contribution in [0.15, 0.2) is 0 Å². The van der Waals surface area contributed by atoms with E-state index in [4.69, 9.17) is 4.79 Å². The summed E-state index contributed by atoms with van der Waals surface area (Å²) in [6.45, 7) is 0.373. The third kappa shape index (κ3) is 4.25. The van der Waals surface area contributed by atoms with Crippen molar-refractivity contribution in [1.82, 2.24) is 0 Å². The first-order valence-electron chi connectivity index (χ1n) is 0.874. The van der Waals surface area contributed by atoms with E-state index in [1.807, 2.05) is 0 Å². The zero-order chi connectivity index (χ0) is 4.12. The molecule has 0 N–H and O–H groups in total. The van der Waals surface area contributed by atoms with Crippen molar-refractivity contribution in [2.24, 2.45) is 0 Å². The van der Waals surface area contributed by atoms with Gasteiger partial charge in [0.2, 0.25) is 0 Å². The summed E-state index contributed by atoms with van der Waals surface area (Å²) in [4.78, 5) is 9.15. The van der Waals surface area contributed by atoms with Gasteiger partial charge in [0.05, 0.1) is 11.7 Å². The Kier molecular flexibility index (Phi) is 4.46. The van der Waals surface area contributed by atoms with Gasteiger partial charge in [0.15, 0.2) is 0 Å². The first kappa shape index (κ1) is 5.25. The molecule has 0 spiro atoms. The van der Waals surface area contributed by atoms with Crippen molar-refractivity contribution in [2.45, 2.75) is 0 Å². The van der Waals surface area contributed by atoms with Gasteiger partial charge in [-0.25, -0.2) is 0 Å². The minimum Gasteiger partial charge on any atom is -0.390 e. The average Bonchev–Trinajstić information content (AvgIpc) is 1.41. The van der Waals surface area contributed by atoms with Gasteiger partial charge < -0.3 is 4.18 Å². The predicted molar refractivity (Wildman–Crippen MR) is 24.4 cm³/mol. The maximum Gasteiger partial charge on any atom is 0.305 e. The molecular weight excluding hydrogens is 107 g/mol. The largest absolute Gasteiger partial charge is 0.390 e. The van der Waals surface area contributed by atoms with Crippen molar-refractivity contribution in [1.29, 1.82) is 0 Å². The second-order valence-electron chi connectivity index (χ2n) is 0.289. The van der Waals surface area contributed by atoms with E-state index in [0.29, 0.717) is 6.47 Å². The highest BCUT2D eigenvalue weighted by Crippen LogP contribution is 2.07. The summed E-state index contributed by atoms with van der Waals surface area (Å²) in [5.74, 6) is 0. The molecule has 0 aromatic heterocycles. The molecule has 0 aromatic rings. The molecule has 4 heteroatoms. The Bertz CT molecular complexity index is 30.8. The van der Waals surface area contributed by atoms with Crippen molar-refractivity contribution >= 4 is 26.6 Å². The summed E-state index contributed by atoms with van der Waals surface area (Å²) < 4.78 is 4.03. The standard InChI is InChI=1S/CH3O2PS/c2-1-3-5-4/h1H,4H2. The topological polar surface area (TPSA) is 26.3 Å². The zero-order valence-electron chi connectivity index (χ0n) is 2.38. The van der Waals surface area contributed by atoms with Gasteiger partial charge in [-0.3, -0.25) is 4.79 Å². The van der Waals surface area contributed by atoms with Gasteiger partial charge in [-0.1, -0.05) is 0 Å². The van der Waals surface area contributed by atoms with Gasteiger partial charge in [0, 0.05) is 0 Å². The monoisotopic (exact) mass is 110 g/mol. The van der Waals surface area contributed by atoms with Crippen LogP contribution in [0.4, 0.5) is 0 Å². The predicted octanol–water partition coefficient (Wildman–Crippen LogP) is 0.598. The lowest BCUT2D eigenvalue weighted by Crippen LogP contribution is -1.61. The van der Waals surface area contributed by atoms with Gasteiger partial charge >= 0.3 is 6.47 Å². The summed E-state index contributed by atoms with van der Waals surface area (Å²) in [7, 11) is 2.16. The van der Waals surface area contributed by atoms with E-state index in [9.17, 15) is 0 Å². The third-order valence-corrected chi connectivity index (χ3v) is 0.618. The number of rotatable bonds is 2. The van der Waals surface area contributed by atoms with Crippen molar-refractivity contribution < 1.29 is 8.98 Å². The van der Waals surface area contributed by atoms with E-state index >= 15 is 0 Å². The molecule has 0 bridgehead atoms. The Balaban J connectivity index is 2.40. The number of hydrogen-bond donors (Lipinski definition) is 0. The van der Waals surface area contributed by atoms with Gasteiger partial charge in [0.25, 0.3) is 0 Å². The van der Waals surface area contributed by atoms with E-state index in [1.165, 1.54) is 0 Å². The Hall–Kier alpha value is 0.250.